The van der Waals surface area contributed by atoms with Crippen molar-refractivity contribution in [1.29, 1.82) is 0 Å². The normalized spacial score (nSPS) is 20.9. The molecule has 0 bridgehead atoms. The van der Waals surface area contributed by atoms with Crippen molar-refractivity contribution < 1.29 is 23.1 Å². The van der Waals surface area contributed by atoms with E-state index in [1.54, 1.807) is 12.1 Å². The van der Waals surface area contributed by atoms with Crippen LogP contribution in [0.5, 0.6) is 0 Å². The van der Waals surface area contributed by atoms with Crippen LogP contribution in [0, 0.1) is 11.7 Å². The van der Waals surface area contributed by atoms with Gasteiger partial charge < -0.3 is 9.16 Å². The van der Waals surface area contributed by atoms with Crippen LogP contribution < -0.4 is 10.4 Å². The average molecular weight is 650 g/mol. The first-order chi connectivity index (χ1) is 22.7. The summed E-state index contributed by atoms with van der Waals surface area (Å²) in [6, 6.07) is 37.0. The molecule has 2 atom stereocenters. The lowest BCUT2D eigenvalue weighted by Crippen LogP contribution is -2.67. The van der Waals surface area contributed by atoms with Gasteiger partial charge >= 0.3 is 6.09 Å². The average Bonchev–Trinajstić information content (AvgIpc) is 3.49. The van der Waals surface area contributed by atoms with Crippen LogP contribution in [0.2, 0.25) is 5.04 Å². The van der Waals surface area contributed by atoms with Crippen molar-refractivity contribution in [2.24, 2.45) is 5.92 Å². The standard InChI is InChI=1S/C40H44FNO4Si/c1-40(2,3)47(34-15-9-5-10-16-34,35-17-11-6-12-18-35)46-33-25-21-30(22-26-33)36(29-19-23-32(41)24-20-29)27-38(43)42-37(28-45-39(42)44)31-13-7-4-8-14-31/h4-20,23-24,30,33,36-37H,21-22,25-28H2,1-3H3/t30-,33-,36-,37-/m0/s1. The minimum absolute atomic E-state index is 0.0677. The third kappa shape index (κ3) is 6.83. The van der Waals surface area contributed by atoms with Gasteiger partial charge in [-0.15, -0.1) is 0 Å². The van der Waals surface area contributed by atoms with Gasteiger partial charge in [0.15, 0.2) is 0 Å². The van der Waals surface area contributed by atoms with Crippen LogP contribution in [-0.2, 0) is 14.0 Å². The van der Waals surface area contributed by atoms with E-state index in [4.69, 9.17) is 9.16 Å². The Bertz CT molecular complexity index is 1600. The maximum Gasteiger partial charge on any atom is 0.417 e. The van der Waals surface area contributed by atoms with E-state index in [0.29, 0.717) is 0 Å². The Morgan fingerprint density at radius 1 is 0.830 bits per heavy atom. The van der Waals surface area contributed by atoms with Gasteiger partial charge in [0.05, 0.1) is 0 Å². The van der Waals surface area contributed by atoms with E-state index in [2.05, 4.69) is 81.4 Å². The van der Waals surface area contributed by atoms with Crippen molar-refractivity contribution in [1.82, 2.24) is 4.90 Å². The summed E-state index contributed by atoms with van der Waals surface area (Å²) >= 11 is 0. The number of carbonyl (C=O) groups is 2. The molecule has 1 aliphatic carbocycles. The largest absolute Gasteiger partial charge is 0.446 e. The van der Waals surface area contributed by atoms with E-state index >= 15 is 0 Å². The Hall–Kier alpha value is -4.07. The molecular weight excluding hydrogens is 606 g/mol. The van der Waals surface area contributed by atoms with E-state index in [9.17, 15) is 14.0 Å². The number of carbonyl (C=O) groups excluding carboxylic acids is 2. The second kappa shape index (κ2) is 14.0. The second-order valence-corrected chi connectivity index (χ2v) is 18.2. The summed E-state index contributed by atoms with van der Waals surface area (Å²) in [7, 11) is -2.70. The molecule has 0 radical (unpaired) electrons. The van der Waals surface area contributed by atoms with Gasteiger partial charge in [0.1, 0.15) is 18.5 Å². The summed E-state index contributed by atoms with van der Waals surface area (Å²) in [5, 5.41) is 2.41. The van der Waals surface area contributed by atoms with Crippen LogP contribution in [0.3, 0.4) is 0 Å². The Kier molecular flexibility index (Phi) is 9.76. The van der Waals surface area contributed by atoms with Gasteiger partial charge in [-0.05, 0) is 76.2 Å². The highest BCUT2D eigenvalue weighted by molar-refractivity contribution is 6.99. The molecule has 0 aromatic heterocycles. The minimum atomic E-state index is -2.70. The predicted molar refractivity (Wildman–Crippen MR) is 186 cm³/mol. The molecule has 1 aliphatic heterocycles. The fourth-order valence-electron chi connectivity index (χ4n) is 7.72. The predicted octanol–water partition coefficient (Wildman–Crippen LogP) is 8.15. The smallest absolute Gasteiger partial charge is 0.417 e. The number of hydrogen-bond acceptors (Lipinski definition) is 4. The van der Waals surface area contributed by atoms with Gasteiger partial charge in [0.2, 0.25) is 5.91 Å². The summed E-state index contributed by atoms with van der Waals surface area (Å²) in [5.41, 5.74) is 1.78. The molecule has 7 heteroatoms. The van der Waals surface area contributed by atoms with E-state index in [0.717, 1.165) is 36.8 Å². The van der Waals surface area contributed by atoms with Crippen molar-refractivity contribution in [2.45, 2.75) is 76.0 Å². The topological polar surface area (TPSA) is 55.8 Å². The quantitative estimate of drug-likeness (QED) is 0.172. The second-order valence-electron chi connectivity index (χ2n) is 13.9. The van der Waals surface area contributed by atoms with Crippen molar-refractivity contribution in [2.75, 3.05) is 6.61 Å². The zero-order valence-corrected chi connectivity index (χ0v) is 28.5. The lowest BCUT2D eigenvalue weighted by atomic mass is 9.74. The molecule has 1 heterocycles. The van der Waals surface area contributed by atoms with Crippen LogP contribution in [-0.4, -0.2) is 37.9 Å². The van der Waals surface area contributed by atoms with Crippen molar-refractivity contribution in [3.05, 3.63) is 132 Å². The minimum Gasteiger partial charge on any atom is -0.446 e. The van der Waals surface area contributed by atoms with Crippen LogP contribution in [0.15, 0.2) is 115 Å². The molecule has 1 saturated heterocycles. The Balaban J connectivity index is 1.24. The number of nitrogens with zero attached hydrogens (tertiary/aromatic N) is 1. The molecule has 1 saturated carbocycles. The number of hydrogen-bond donors (Lipinski definition) is 0. The maximum absolute atomic E-state index is 14.0. The van der Waals surface area contributed by atoms with Crippen molar-refractivity contribution in [3.8, 4) is 0 Å². The summed E-state index contributed by atoms with van der Waals surface area (Å²) < 4.78 is 26.9. The first kappa shape index (κ1) is 32.9. The van der Waals surface area contributed by atoms with Crippen LogP contribution >= 0.6 is 0 Å². The van der Waals surface area contributed by atoms with E-state index in [1.807, 2.05) is 30.3 Å². The lowest BCUT2D eigenvalue weighted by molar-refractivity contribution is -0.130. The highest BCUT2D eigenvalue weighted by atomic mass is 28.4. The number of halogens is 1. The fraction of sp³-hybridized carbons (Fsp3) is 0.350. The van der Waals surface area contributed by atoms with E-state index in [1.165, 1.54) is 27.4 Å². The first-order valence-electron chi connectivity index (χ1n) is 16.8. The molecule has 47 heavy (non-hydrogen) atoms. The van der Waals surface area contributed by atoms with Gasteiger partial charge in [-0.1, -0.05) is 124 Å². The van der Waals surface area contributed by atoms with E-state index < -0.39 is 20.5 Å². The van der Waals surface area contributed by atoms with Gasteiger partial charge in [0, 0.05) is 12.5 Å². The molecule has 5 nitrogen and oxygen atoms in total. The number of ether oxygens (including phenoxy) is 1. The third-order valence-electron chi connectivity index (χ3n) is 10.1. The summed E-state index contributed by atoms with van der Waals surface area (Å²) in [4.78, 5) is 28.1. The Morgan fingerprint density at radius 2 is 1.36 bits per heavy atom. The van der Waals surface area contributed by atoms with Crippen molar-refractivity contribution in [3.63, 3.8) is 0 Å². The van der Waals surface area contributed by atoms with Gasteiger partial charge in [-0.3, -0.25) is 4.79 Å². The molecule has 6 rings (SSSR count). The summed E-state index contributed by atoms with van der Waals surface area (Å²) in [6.45, 7) is 7.04. The number of benzene rings is 4. The molecule has 2 amide bonds. The van der Waals surface area contributed by atoms with Gasteiger partial charge in [-0.25, -0.2) is 14.1 Å². The van der Waals surface area contributed by atoms with Gasteiger partial charge in [-0.2, -0.15) is 0 Å². The van der Waals surface area contributed by atoms with Gasteiger partial charge in [0.25, 0.3) is 8.32 Å². The third-order valence-corrected chi connectivity index (χ3v) is 15.2. The zero-order valence-electron chi connectivity index (χ0n) is 27.5. The van der Waals surface area contributed by atoms with Crippen LogP contribution in [0.1, 0.15) is 76.0 Å². The molecular formula is C40H44FNO4Si. The molecule has 0 spiro atoms. The van der Waals surface area contributed by atoms with Crippen LogP contribution in [0.4, 0.5) is 9.18 Å². The highest BCUT2D eigenvalue weighted by Gasteiger charge is 2.52. The molecule has 4 aromatic carbocycles. The monoisotopic (exact) mass is 649 g/mol. The highest BCUT2D eigenvalue weighted by Crippen LogP contribution is 2.44. The molecule has 2 aliphatic rings. The summed E-state index contributed by atoms with van der Waals surface area (Å²) in [6.07, 6.45) is 3.06. The SMILES string of the molecule is CC(C)(C)[Si](O[C@H]1CC[C@H]([C@@H](CC(=O)N2C(=O)OC[C@H]2c2ccccc2)c2ccc(F)cc2)CC1)(c1ccccc1)c1ccccc1. The number of rotatable bonds is 9. The van der Waals surface area contributed by atoms with E-state index in [-0.39, 0.29) is 47.7 Å². The van der Waals surface area contributed by atoms with Crippen molar-refractivity contribution >= 4 is 30.7 Å². The number of cyclic esters (lactones) is 1. The first-order valence-corrected chi connectivity index (χ1v) is 18.7. The summed E-state index contributed by atoms with van der Waals surface area (Å²) in [5.74, 6) is -0.561. The Labute approximate surface area is 278 Å². The number of amides is 2. The Morgan fingerprint density at radius 3 is 1.89 bits per heavy atom. The fourth-order valence-corrected chi connectivity index (χ4v) is 12.5. The molecule has 244 valence electrons. The zero-order chi connectivity index (χ0) is 33.0. The molecule has 0 unspecified atom stereocenters. The molecule has 0 N–H and O–H groups in total. The van der Waals surface area contributed by atoms with Crippen LogP contribution in [0.25, 0.3) is 0 Å². The lowest BCUT2D eigenvalue weighted by Gasteiger charge is -2.46. The molecule has 2 fully saturated rings. The molecule has 4 aromatic rings. The maximum atomic E-state index is 14.0. The number of imide groups is 1.